The van der Waals surface area contributed by atoms with Crippen molar-refractivity contribution in [2.24, 2.45) is 0 Å². The van der Waals surface area contributed by atoms with Gasteiger partial charge in [0.15, 0.2) is 11.6 Å². The van der Waals surface area contributed by atoms with E-state index in [1.165, 1.54) is 18.2 Å². The maximum atomic E-state index is 14.7. The highest BCUT2D eigenvalue weighted by Gasteiger charge is 2.16. The number of benzene rings is 4. The van der Waals surface area contributed by atoms with Crippen LogP contribution in [0, 0.1) is 17.5 Å². The van der Waals surface area contributed by atoms with E-state index in [0.717, 1.165) is 5.56 Å². The lowest BCUT2D eigenvalue weighted by molar-refractivity contribution is 0.285. The third-order valence-corrected chi connectivity index (χ3v) is 5.22. The molecule has 150 valence electrons. The van der Waals surface area contributed by atoms with Crippen molar-refractivity contribution >= 4 is 15.9 Å². The van der Waals surface area contributed by atoms with Crippen LogP contribution in [0.1, 0.15) is 5.56 Å². The quantitative estimate of drug-likeness (QED) is 0.290. The minimum absolute atomic E-state index is 0.113. The minimum Gasteiger partial charge on any atom is -0.486 e. The molecule has 0 unspecified atom stereocenters. The van der Waals surface area contributed by atoms with E-state index >= 15 is 0 Å². The maximum absolute atomic E-state index is 14.7. The Balaban J connectivity index is 1.57. The van der Waals surface area contributed by atoms with Crippen LogP contribution >= 0.6 is 15.9 Å². The molecule has 0 aliphatic carbocycles. The zero-order chi connectivity index (χ0) is 21.1. The topological polar surface area (TPSA) is 9.23 Å². The summed E-state index contributed by atoms with van der Waals surface area (Å²) in [5, 5.41) is 0. The standard InChI is InChI=1S/C25H16BrF3O/c26-19-10-11-20(22(27)14-19)17-6-8-18(9-7-17)21-12-13-23(25(29)24(21)28)30-15-16-4-2-1-3-5-16/h1-14H,15H2. The Hall–Kier alpha value is -3.05. The van der Waals surface area contributed by atoms with Crippen molar-refractivity contribution in [2.75, 3.05) is 0 Å². The van der Waals surface area contributed by atoms with E-state index in [2.05, 4.69) is 15.9 Å². The molecular formula is C25H16BrF3O. The Labute approximate surface area is 180 Å². The summed E-state index contributed by atoms with van der Waals surface area (Å²) in [6, 6.07) is 23.6. The second kappa shape index (κ2) is 8.76. The summed E-state index contributed by atoms with van der Waals surface area (Å²) in [7, 11) is 0. The zero-order valence-electron chi connectivity index (χ0n) is 15.7. The average Bonchev–Trinajstić information content (AvgIpc) is 2.76. The van der Waals surface area contributed by atoms with Crippen molar-refractivity contribution < 1.29 is 17.9 Å². The summed E-state index contributed by atoms with van der Waals surface area (Å²) in [4.78, 5) is 0. The molecule has 0 saturated carbocycles. The Kier molecular flexibility index (Phi) is 5.91. The van der Waals surface area contributed by atoms with Gasteiger partial charge in [0.2, 0.25) is 5.82 Å². The molecule has 4 rings (SSSR count). The Morgan fingerprint density at radius 3 is 1.97 bits per heavy atom. The van der Waals surface area contributed by atoms with Gasteiger partial charge >= 0.3 is 0 Å². The van der Waals surface area contributed by atoms with Gasteiger partial charge in [-0.15, -0.1) is 0 Å². The highest BCUT2D eigenvalue weighted by Crippen LogP contribution is 2.32. The predicted molar refractivity (Wildman–Crippen MR) is 116 cm³/mol. The van der Waals surface area contributed by atoms with E-state index in [1.807, 2.05) is 30.3 Å². The van der Waals surface area contributed by atoms with Gasteiger partial charge in [-0.3, -0.25) is 0 Å². The molecule has 0 spiro atoms. The highest BCUT2D eigenvalue weighted by atomic mass is 79.9. The van der Waals surface area contributed by atoms with E-state index in [1.54, 1.807) is 36.4 Å². The largest absolute Gasteiger partial charge is 0.486 e. The van der Waals surface area contributed by atoms with Gasteiger partial charge in [0.1, 0.15) is 12.4 Å². The second-order valence-electron chi connectivity index (χ2n) is 6.72. The van der Waals surface area contributed by atoms with Crippen LogP contribution in [0.15, 0.2) is 89.4 Å². The molecule has 30 heavy (non-hydrogen) atoms. The van der Waals surface area contributed by atoms with Gasteiger partial charge in [-0.2, -0.15) is 4.39 Å². The number of halogens is 4. The lowest BCUT2D eigenvalue weighted by Gasteiger charge is -2.11. The van der Waals surface area contributed by atoms with E-state index in [0.29, 0.717) is 21.2 Å². The first-order valence-corrected chi connectivity index (χ1v) is 10.0. The van der Waals surface area contributed by atoms with Crippen molar-refractivity contribution in [2.45, 2.75) is 6.61 Å². The molecule has 0 atom stereocenters. The highest BCUT2D eigenvalue weighted by molar-refractivity contribution is 9.10. The van der Waals surface area contributed by atoms with Crippen molar-refractivity contribution in [1.82, 2.24) is 0 Å². The molecule has 0 aromatic heterocycles. The second-order valence-corrected chi connectivity index (χ2v) is 7.63. The van der Waals surface area contributed by atoms with Crippen LogP contribution in [-0.2, 0) is 6.61 Å². The summed E-state index contributed by atoms with van der Waals surface area (Å²) < 4.78 is 49.5. The first-order chi connectivity index (χ1) is 14.5. The molecule has 0 fully saturated rings. The Bertz CT molecular complexity index is 1180. The molecule has 0 aliphatic heterocycles. The van der Waals surface area contributed by atoms with Crippen molar-refractivity contribution in [3.63, 3.8) is 0 Å². The lowest BCUT2D eigenvalue weighted by atomic mass is 9.99. The van der Waals surface area contributed by atoms with E-state index < -0.39 is 11.6 Å². The number of hydrogen-bond donors (Lipinski definition) is 0. The summed E-state index contributed by atoms with van der Waals surface area (Å²) in [5.74, 6) is -2.53. The zero-order valence-corrected chi connectivity index (χ0v) is 17.3. The van der Waals surface area contributed by atoms with Gasteiger partial charge in [-0.1, -0.05) is 76.6 Å². The maximum Gasteiger partial charge on any atom is 0.201 e. The third-order valence-electron chi connectivity index (χ3n) is 4.72. The summed E-state index contributed by atoms with van der Waals surface area (Å²) in [6.45, 7) is 0.143. The molecule has 0 amide bonds. The smallest absolute Gasteiger partial charge is 0.201 e. The normalized spacial score (nSPS) is 10.8. The van der Waals surface area contributed by atoms with Gasteiger partial charge in [-0.05, 0) is 41.0 Å². The van der Waals surface area contributed by atoms with Crippen molar-refractivity contribution in [3.05, 3.63) is 112 Å². The molecule has 5 heteroatoms. The fourth-order valence-electron chi connectivity index (χ4n) is 3.15. The fraction of sp³-hybridized carbons (Fsp3) is 0.0400. The average molecular weight is 469 g/mol. The van der Waals surface area contributed by atoms with Crippen LogP contribution in [0.5, 0.6) is 5.75 Å². The summed E-state index contributed by atoms with van der Waals surface area (Å²) >= 11 is 3.23. The van der Waals surface area contributed by atoms with Crippen LogP contribution < -0.4 is 4.74 Å². The van der Waals surface area contributed by atoms with Gasteiger partial charge in [0, 0.05) is 15.6 Å². The number of hydrogen-bond acceptors (Lipinski definition) is 1. The van der Waals surface area contributed by atoms with Crippen LogP contribution in [0.25, 0.3) is 22.3 Å². The van der Waals surface area contributed by atoms with E-state index in [4.69, 9.17) is 4.74 Å². The van der Waals surface area contributed by atoms with Gasteiger partial charge in [0.05, 0.1) is 0 Å². The lowest BCUT2D eigenvalue weighted by Crippen LogP contribution is -2.00. The molecular weight excluding hydrogens is 453 g/mol. The Morgan fingerprint density at radius 2 is 1.30 bits per heavy atom. The van der Waals surface area contributed by atoms with Gasteiger partial charge in [-0.25, -0.2) is 8.78 Å². The first-order valence-electron chi connectivity index (χ1n) is 9.23. The van der Waals surface area contributed by atoms with Crippen LogP contribution in [0.3, 0.4) is 0 Å². The molecule has 0 aliphatic rings. The number of ether oxygens (including phenoxy) is 1. The minimum atomic E-state index is -1.04. The van der Waals surface area contributed by atoms with Crippen LogP contribution in [0.4, 0.5) is 13.2 Å². The van der Waals surface area contributed by atoms with E-state index in [-0.39, 0.29) is 23.7 Å². The molecule has 0 bridgehead atoms. The van der Waals surface area contributed by atoms with Crippen LogP contribution in [0.2, 0.25) is 0 Å². The predicted octanol–water partition coefficient (Wildman–Crippen LogP) is 7.78. The number of rotatable bonds is 5. The molecule has 0 radical (unpaired) electrons. The first kappa shape index (κ1) is 20.2. The van der Waals surface area contributed by atoms with Gasteiger partial charge in [0.25, 0.3) is 0 Å². The molecule has 4 aromatic rings. The molecule has 0 heterocycles. The van der Waals surface area contributed by atoms with Crippen LogP contribution in [-0.4, -0.2) is 0 Å². The molecule has 4 aromatic carbocycles. The molecule has 0 N–H and O–H groups in total. The van der Waals surface area contributed by atoms with Gasteiger partial charge < -0.3 is 4.74 Å². The monoisotopic (exact) mass is 468 g/mol. The molecule has 1 nitrogen and oxygen atoms in total. The Morgan fingerprint density at radius 1 is 0.667 bits per heavy atom. The fourth-order valence-corrected chi connectivity index (χ4v) is 3.49. The summed E-state index contributed by atoms with van der Waals surface area (Å²) in [6.07, 6.45) is 0. The SMILES string of the molecule is Fc1cc(Br)ccc1-c1ccc(-c2ccc(OCc3ccccc3)c(F)c2F)cc1. The van der Waals surface area contributed by atoms with Crippen molar-refractivity contribution in [1.29, 1.82) is 0 Å². The van der Waals surface area contributed by atoms with Crippen molar-refractivity contribution in [3.8, 4) is 28.0 Å². The molecule has 0 saturated heterocycles. The van der Waals surface area contributed by atoms with E-state index in [9.17, 15) is 13.2 Å². The third kappa shape index (κ3) is 4.26. The summed E-state index contributed by atoms with van der Waals surface area (Å²) in [5.41, 5.74) is 2.54.